The van der Waals surface area contributed by atoms with Crippen LogP contribution in [0.5, 0.6) is 0 Å². The lowest BCUT2D eigenvalue weighted by Gasteiger charge is -2.07. The SMILES string of the molecule is Cc1cc(NC(=O)NCC(=O)Nc2cccc(F)c2)no1. The molecule has 0 aliphatic heterocycles. The summed E-state index contributed by atoms with van der Waals surface area (Å²) in [6, 6.07) is 6.39. The van der Waals surface area contributed by atoms with Crippen molar-refractivity contribution in [1.82, 2.24) is 10.5 Å². The molecule has 0 saturated carbocycles. The van der Waals surface area contributed by atoms with Crippen LogP contribution in [0.4, 0.5) is 20.7 Å². The average Bonchev–Trinajstić information content (AvgIpc) is 2.82. The van der Waals surface area contributed by atoms with Gasteiger partial charge in [0, 0.05) is 11.8 Å². The fourth-order valence-electron chi connectivity index (χ4n) is 1.52. The summed E-state index contributed by atoms with van der Waals surface area (Å²) in [5, 5.41) is 10.8. The lowest BCUT2D eigenvalue weighted by Crippen LogP contribution is -2.35. The molecule has 0 aliphatic carbocycles. The average molecular weight is 292 g/mol. The molecule has 0 unspecified atom stereocenters. The smallest absolute Gasteiger partial charge is 0.320 e. The standard InChI is InChI=1S/C13H13FN4O3/c1-8-5-11(18-21-8)17-13(20)15-7-12(19)16-10-4-2-3-9(14)6-10/h2-6H,7H2,1H3,(H,16,19)(H2,15,17,18,20). The Bertz CT molecular complexity index is 656. The van der Waals surface area contributed by atoms with Crippen molar-refractivity contribution in [2.45, 2.75) is 6.92 Å². The third-order valence-electron chi connectivity index (χ3n) is 2.39. The van der Waals surface area contributed by atoms with Gasteiger partial charge in [-0.2, -0.15) is 0 Å². The third kappa shape index (κ3) is 4.60. The first kappa shape index (κ1) is 14.5. The number of hydrogen-bond acceptors (Lipinski definition) is 4. The van der Waals surface area contributed by atoms with Crippen LogP contribution in [0, 0.1) is 12.7 Å². The van der Waals surface area contributed by atoms with E-state index in [9.17, 15) is 14.0 Å². The van der Waals surface area contributed by atoms with Gasteiger partial charge in [-0.25, -0.2) is 9.18 Å². The second kappa shape index (κ2) is 6.51. The minimum absolute atomic E-state index is 0.246. The van der Waals surface area contributed by atoms with Crippen LogP contribution in [0.1, 0.15) is 5.76 Å². The van der Waals surface area contributed by atoms with Crippen LogP contribution in [0.3, 0.4) is 0 Å². The predicted octanol–water partition coefficient (Wildman–Crippen LogP) is 1.88. The first-order valence-corrected chi connectivity index (χ1v) is 6.06. The molecule has 0 bridgehead atoms. The molecule has 1 heterocycles. The minimum Gasteiger partial charge on any atom is -0.360 e. The molecule has 0 fully saturated rings. The van der Waals surface area contributed by atoms with Crippen molar-refractivity contribution in [1.29, 1.82) is 0 Å². The van der Waals surface area contributed by atoms with Crippen molar-refractivity contribution in [3.05, 3.63) is 41.9 Å². The predicted molar refractivity (Wildman–Crippen MR) is 73.3 cm³/mol. The molecule has 0 saturated heterocycles. The number of halogens is 1. The quantitative estimate of drug-likeness (QED) is 0.801. The monoisotopic (exact) mass is 292 g/mol. The Morgan fingerprint density at radius 3 is 2.76 bits per heavy atom. The summed E-state index contributed by atoms with van der Waals surface area (Å²) in [5.74, 6) is -0.142. The van der Waals surface area contributed by atoms with Crippen molar-refractivity contribution in [2.24, 2.45) is 0 Å². The van der Waals surface area contributed by atoms with Crippen molar-refractivity contribution in [2.75, 3.05) is 17.2 Å². The van der Waals surface area contributed by atoms with Gasteiger partial charge in [-0.1, -0.05) is 11.2 Å². The van der Waals surface area contributed by atoms with Crippen molar-refractivity contribution in [3.63, 3.8) is 0 Å². The maximum Gasteiger partial charge on any atom is 0.320 e. The molecule has 7 nitrogen and oxygen atoms in total. The molecule has 21 heavy (non-hydrogen) atoms. The minimum atomic E-state index is -0.599. The molecule has 0 radical (unpaired) electrons. The molecule has 8 heteroatoms. The molecule has 0 aliphatic rings. The van der Waals surface area contributed by atoms with E-state index in [4.69, 9.17) is 4.52 Å². The second-order valence-corrected chi connectivity index (χ2v) is 4.19. The first-order valence-electron chi connectivity index (χ1n) is 6.06. The maximum atomic E-state index is 12.9. The molecular formula is C13H13FN4O3. The molecule has 3 amide bonds. The Kier molecular flexibility index (Phi) is 4.50. The van der Waals surface area contributed by atoms with Crippen LogP contribution in [0.15, 0.2) is 34.9 Å². The van der Waals surface area contributed by atoms with E-state index in [0.29, 0.717) is 11.4 Å². The van der Waals surface area contributed by atoms with E-state index in [0.717, 1.165) is 0 Å². The van der Waals surface area contributed by atoms with E-state index in [1.54, 1.807) is 13.0 Å². The van der Waals surface area contributed by atoms with Crippen LogP contribution in [-0.2, 0) is 4.79 Å². The summed E-state index contributed by atoms with van der Waals surface area (Å²) in [5.41, 5.74) is 0.314. The maximum absolute atomic E-state index is 12.9. The van der Waals surface area contributed by atoms with Crippen molar-refractivity contribution < 1.29 is 18.5 Å². The van der Waals surface area contributed by atoms with Gasteiger partial charge in [-0.05, 0) is 25.1 Å². The van der Waals surface area contributed by atoms with Gasteiger partial charge in [0.15, 0.2) is 5.82 Å². The van der Waals surface area contributed by atoms with E-state index >= 15 is 0 Å². The number of nitrogens with zero attached hydrogens (tertiary/aromatic N) is 1. The number of rotatable bonds is 4. The molecule has 1 aromatic carbocycles. The van der Waals surface area contributed by atoms with Crippen LogP contribution in [0.2, 0.25) is 0 Å². The number of carbonyl (C=O) groups excluding carboxylic acids is 2. The Morgan fingerprint density at radius 2 is 2.10 bits per heavy atom. The third-order valence-corrected chi connectivity index (χ3v) is 2.39. The topological polar surface area (TPSA) is 96.3 Å². The van der Waals surface area contributed by atoms with E-state index in [1.165, 1.54) is 24.3 Å². The van der Waals surface area contributed by atoms with E-state index in [1.807, 2.05) is 0 Å². The molecule has 1 aromatic heterocycles. The van der Waals surface area contributed by atoms with Crippen LogP contribution < -0.4 is 16.0 Å². The van der Waals surface area contributed by atoms with E-state index in [2.05, 4.69) is 21.1 Å². The highest BCUT2D eigenvalue weighted by molar-refractivity contribution is 5.96. The van der Waals surface area contributed by atoms with Gasteiger partial charge in [0.05, 0.1) is 6.54 Å². The number of hydrogen-bond donors (Lipinski definition) is 3. The number of urea groups is 1. The normalized spacial score (nSPS) is 10.0. The van der Waals surface area contributed by atoms with Gasteiger partial charge >= 0.3 is 6.03 Å². The fraction of sp³-hybridized carbons (Fsp3) is 0.154. The Labute approximate surface area is 119 Å². The van der Waals surface area contributed by atoms with Gasteiger partial charge < -0.3 is 15.2 Å². The number of benzene rings is 1. The van der Waals surface area contributed by atoms with Crippen LogP contribution >= 0.6 is 0 Å². The van der Waals surface area contributed by atoms with Crippen LogP contribution in [0.25, 0.3) is 0 Å². The number of anilines is 2. The first-order chi connectivity index (χ1) is 10.0. The Balaban J connectivity index is 1.77. The van der Waals surface area contributed by atoms with Crippen molar-refractivity contribution >= 4 is 23.4 Å². The summed E-state index contributed by atoms with van der Waals surface area (Å²) in [7, 11) is 0. The van der Waals surface area contributed by atoms with E-state index in [-0.39, 0.29) is 12.4 Å². The lowest BCUT2D eigenvalue weighted by atomic mass is 10.3. The molecular weight excluding hydrogens is 279 g/mol. The van der Waals surface area contributed by atoms with Gasteiger partial charge in [-0.15, -0.1) is 0 Å². The Morgan fingerprint density at radius 1 is 1.29 bits per heavy atom. The number of nitrogens with one attached hydrogen (secondary N) is 3. The van der Waals surface area contributed by atoms with Crippen molar-refractivity contribution in [3.8, 4) is 0 Å². The largest absolute Gasteiger partial charge is 0.360 e. The van der Waals surface area contributed by atoms with E-state index < -0.39 is 17.8 Å². The molecule has 2 aromatic rings. The second-order valence-electron chi connectivity index (χ2n) is 4.19. The highest BCUT2D eigenvalue weighted by Gasteiger charge is 2.08. The zero-order valence-electron chi connectivity index (χ0n) is 11.1. The highest BCUT2D eigenvalue weighted by Crippen LogP contribution is 2.08. The molecule has 0 atom stereocenters. The number of aromatic nitrogens is 1. The molecule has 0 spiro atoms. The Hall–Kier alpha value is -2.90. The zero-order valence-corrected chi connectivity index (χ0v) is 11.1. The lowest BCUT2D eigenvalue weighted by molar-refractivity contribution is -0.115. The number of carbonyl (C=O) groups is 2. The summed E-state index contributed by atoms with van der Waals surface area (Å²) < 4.78 is 17.7. The molecule has 3 N–H and O–H groups in total. The number of amides is 3. The number of aryl methyl sites for hydroxylation is 1. The fourth-order valence-corrected chi connectivity index (χ4v) is 1.52. The summed E-state index contributed by atoms with van der Waals surface area (Å²) in [6.45, 7) is 1.42. The van der Waals surface area contributed by atoms with Gasteiger partial charge in [0.2, 0.25) is 5.91 Å². The van der Waals surface area contributed by atoms with Gasteiger partial charge in [0.25, 0.3) is 0 Å². The van der Waals surface area contributed by atoms with Gasteiger partial charge in [-0.3, -0.25) is 10.1 Å². The van der Waals surface area contributed by atoms with Gasteiger partial charge in [0.1, 0.15) is 11.6 Å². The van der Waals surface area contributed by atoms with Crippen LogP contribution in [-0.4, -0.2) is 23.6 Å². The summed E-state index contributed by atoms with van der Waals surface area (Å²) >= 11 is 0. The molecule has 2 rings (SSSR count). The highest BCUT2D eigenvalue weighted by atomic mass is 19.1. The zero-order chi connectivity index (χ0) is 15.2. The summed E-state index contributed by atoms with van der Waals surface area (Å²) in [4.78, 5) is 23.1. The molecule has 110 valence electrons. The summed E-state index contributed by atoms with van der Waals surface area (Å²) in [6.07, 6.45) is 0.